The van der Waals surface area contributed by atoms with Crippen LogP contribution in [0, 0.1) is 21.8 Å². The number of ether oxygens (including phenoxy) is 2. The normalized spacial score (nSPS) is 10.8. The first-order valence-corrected chi connectivity index (χ1v) is 7.51. The van der Waals surface area contributed by atoms with Gasteiger partial charge >= 0.3 is 5.69 Å². The zero-order valence-corrected chi connectivity index (χ0v) is 14.5. The molecule has 0 aliphatic carbocycles. The van der Waals surface area contributed by atoms with Crippen LogP contribution in [0.1, 0.15) is 18.2 Å². The van der Waals surface area contributed by atoms with E-state index in [0.29, 0.717) is 12.2 Å². The lowest BCUT2D eigenvalue weighted by atomic mass is 10.2. The molecular weight excluding hydrogens is 350 g/mol. The van der Waals surface area contributed by atoms with Crippen LogP contribution in [0.3, 0.4) is 0 Å². The summed E-state index contributed by atoms with van der Waals surface area (Å²) in [5.74, 6) is 0.210. The van der Waals surface area contributed by atoms with Crippen LogP contribution < -0.4 is 15.0 Å². The second-order valence-corrected chi connectivity index (χ2v) is 5.12. The standard InChI is InChI=1S/C14H15N5O5S/c1-4-24-11-6-9(5-10(19(21)22)12(11)23-3)7-15-18-13(20)8(2)16-17-14(18)25/h5-7H,4H2,1-3H3,(H,17,25)/b15-7-. The van der Waals surface area contributed by atoms with Crippen LogP contribution in [0.15, 0.2) is 22.0 Å². The third-order valence-electron chi connectivity index (χ3n) is 3.09. The van der Waals surface area contributed by atoms with Crippen LogP contribution in [0.5, 0.6) is 11.5 Å². The number of nitro groups is 1. The number of aromatic nitrogens is 3. The van der Waals surface area contributed by atoms with Crippen molar-refractivity contribution in [2.75, 3.05) is 13.7 Å². The second kappa shape index (κ2) is 7.66. The highest BCUT2D eigenvalue weighted by Crippen LogP contribution is 2.37. The zero-order chi connectivity index (χ0) is 18.6. The molecule has 1 aromatic carbocycles. The summed E-state index contributed by atoms with van der Waals surface area (Å²) in [5.41, 5.74) is -0.250. The predicted molar refractivity (Wildman–Crippen MR) is 92.2 cm³/mol. The monoisotopic (exact) mass is 365 g/mol. The molecule has 2 aromatic rings. The maximum Gasteiger partial charge on any atom is 0.315 e. The highest BCUT2D eigenvalue weighted by molar-refractivity contribution is 7.71. The fourth-order valence-corrected chi connectivity index (χ4v) is 2.16. The average Bonchev–Trinajstić information content (AvgIpc) is 2.58. The molecule has 1 aromatic heterocycles. The Hall–Kier alpha value is -3.08. The van der Waals surface area contributed by atoms with Crippen molar-refractivity contribution in [2.24, 2.45) is 5.10 Å². The minimum Gasteiger partial charge on any atom is -0.490 e. The fraction of sp³-hybridized carbons (Fsp3) is 0.286. The molecule has 0 aliphatic heterocycles. The number of hydrogen-bond donors (Lipinski definition) is 1. The van der Waals surface area contributed by atoms with Gasteiger partial charge in [0.15, 0.2) is 5.75 Å². The van der Waals surface area contributed by atoms with Crippen molar-refractivity contribution in [3.8, 4) is 11.5 Å². The largest absolute Gasteiger partial charge is 0.490 e. The van der Waals surface area contributed by atoms with Gasteiger partial charge in [-0.1, -0.05) is 0 Å². The topological polar surface area (TPSA) is 125 Å². The van der Waals surface area contributed by atoms with E-state index in [9.17, 15) is 14.9 Å². The quantitative estimate of drug-likeness (QED) is 0.358. The van der Waals surface area contributed by atoms with E-state index >= 15 is 0 Å². The first kappa shape index (κ1) is 18.3. The minimum atomic E-state index is -0.590. The number of aryl methyl sites for hydroxylation is 1. The molecular formula is C14H15N5O5S. The molecule has 0 spiro atoms. The fourth-order valence-electron chi connectivity index (χ4n) is 1.99. The van der Waals surface area contributed by atoms with Gasteiger partial charge in [0, 0.05) is 11.6 Å². The third kappa shape index (κ3) is 3.88. The molecule has 0 aliphatic rings. The van der Waals surface area contributed by atoms with Gasteiger partial charge in [0.25, 0.3) is 5.56 Å². The molecule has 0 unspecified atom stereocenters. The van der Waals surface area contributed by atoms with Crippen molar-refractivity contribution in [3.63, 3.8) is 0 Å². The Morgan fingerprint density at radius 2 is 2.24 bits per heavy atom. The van der Waals surface area contributed by atoms with Crippen molar-refractivity contribution >= 4 is 24.1 Å². The minimum absolute atomic E-state index is 0.0000990. The SMILES string of the molecule is CCOc1cc(/C=N\n2c(=S)[nH]nc(C)c2=O)cc([N+](=O)[O-])c1OC. The Labute approximate surface area is 146 Å². The lowest BCUT2D eigenvalue weighted by molar-refractivity contribution is -0.385. The molecule has 132 valence electrons. The van der Waals surface area contributed by atoms with Crippen molar-refractivity contribution in [2.45, 2.75) is 13.8 Å². The van der Waals surface area contributed by atoms with Crippen LogP contribution in [0.4, 0.5) is 5.69 Å². The Morgan fingerprint density at radius 1 is 1.52 bits per heavy atom. The van der Waals surface area contributed by atoms with E-state index in [1.54, 1.807) is 6.92 Å². The van der Waals surface area contributed by atoms with Gasteiger partial charge in [-0.3, -0.25) is 20.0 Å². The molecule has 2 rings (SSSR count). The number of benzene rings is 1. The average molecular weight is 365 g/mol. The van der Waals surface area contributed by atoms with Gasteiger partial charge in [0.05, 0.1) is 24.9 Å². The molecule has 25 heavy (non-hydrogen) atoms. The highest BCUT2D eigenvalue weighted by atomic mass is 32.1. The zero-order valence-electron chi connectivity index (χ0n) is 13.7. The first-order chi connectivity index (χ1) is 11.9. The summed E-state index contributed by atoms with van der Waals surface area (Å²) in [6.07, 6.45) is 1.26. The van der Waals surface area contributed by atoms with Crippen molar-refractivity contribution in [3.05, 3.63) is 48.6 Å². The summed E-state index contributed by atoms with van der Waals surface area (Å²) >= 11 is 4.97. The van der Waals surface area contributed by atoms with Crippen LogP contribution in [-0.2, 0) is 0 Å². The van der Waals surface area contributed by atoms with E-state index in [0.717, 1.165) is 4.68 Å². The molecule has 1 N–H and O–H groups in total. The smallest absolute Gasteiger partial charge is 0.315 e. The summed E-state index contributed by atoms with van der Waals surface area (Å²) in [7, 11) is 1.32. The molecule has 0 saturated heterocycles. The van der Waals surface area contributed by atoms with Gasteiger partial charge in [-0.05, 0) is 32.1 Å². The summed E-state index contributed by atoms with van der Waals surface area (Å²) in [6, 6.07) is 2.78. The lowest BCUT2D eigenvalue weighted by Crippen LogP contribution is -2.22. The Bertz CT molecular complexity index is 950. The summed E-state index contributed by atoms with van der Waals surface area (Å²) < 4.78 is 11.4. The summed E-state index contributed by atoms with van der Waals surface area (Å²) in [5, 5.41) is 21.5. The molecule has 0 saturated carbocycles. The van der Waals surface area contributed by atoms with E-state index in [4.69, 9.17) is 21.7 Å². The van der Waals surface area contributed by atoms with E-state index in [2.05, 4.69) is 15.3 Å². The van der Waals surface area contributed by atoms with Gasteiger partial charge in [0.1, 0.15) is 5.69 Å². The van der Waals surface area contributed by atoms with E-state index < -0.39 is 10.5 Å². The molecule has 1 heterocycles. The van der Waals surface area contributed by atoms with Crippen LogP contribution >= 0.6 is 12.2 Å². The maximum absolute atomic E-state index is 12.0. The Kier molecular flexibility index (Phi) is 5.60. The van der Waals surface area contributed by atoms with Gasteiger partial charge in [-0.2, -0.15) is 14.9 Å². The van der Waals surface area contributed by atoms with Gasteiger partial charge in [-0.25, -0.2) is 0 Å². The molecule has 0 radical (unpaired) electrons. The number of nitro benzene ring substituents is 1. The van der Waals surface area contributed by atoms with Crippen molar-refractivity contribution in [1.82, 2.24) is 14.9 Å². The number of rotatable bonds is 6. The summed E-state index contributed by atoms with van der Waals surface area (Å²) in [6.45, 7) is 3.54. The van der Waals surface area contributed by atoms with Crippen LogP contribution in [-0.4, -0.2) is 39.7 Å². The Morgan fingerprint density at radius 3 is 2.84 bits per heavy atom. The van der Waals surface area contributed by atoms with Crippen LogP contribution in [0.25, 0.3) is 0 Å². The molecule has 0 amide bonds. The third-order valence-corrected chi connectivity index (χ3v) is 3.36. The molecule has 0 atom stereocenters. The molecule has 0 fully saturated rings. The predicted octanol–water partition coefficient (Wildman–Crippen LogP) is 1.81. The van der Waals surface area contributed by atoms with Crippen LogP contribution in [0.2, 0.25) is 0 Å². The number of hydrogen-bond acceptors (Lipinski definition) is 8. The number of nitrogens with zero attached hydrogens (tertiary/aromatic N) is 4. The van der Waals surface area contributed by atoms with E-state index in [-0.39, 0.29) is 27.7 Å². The van der Waals surface area contributed by atoms with Gasteiger partial charge in [-0.15, -0.1) is 0 Å². The number of methoxy groups -OCH3 is 1. The summed E-state index contributed by atoms with van der Waals surface area (Å²) in [4.78, 5) is 22.7. The highest BCUT2D eigenvalue weighted by Gasteiger charge is 2.21. The molecule has 0 bridgehead atoms. The molecule has 11 heteroatoms. The van der Waals surface area contributed by atoms with Crippen molar-refractivity contribution in [1.29, 1.82) is 0 Å². The van der Waals surface area contributed by atoms with Gasteiger partial charge in [0.2, 0.25) is 10.5 Å². The second-order valence-electron chi connectivity index (χ2n) is 4.74. The maximum atomic E-state index is 12.0. The Balaban J connectivity index is 2.57. The van der Waals surface area contributed by atoms with Gasteiger partial charge < -0.3 is 9.47 Å². The van der Waals surface area contributed by atoms with Crippen molar-refractivity contribution < 1.29 is 14.4 Å². The van der Waals surface area contributed by atoms with E-state index in [1.165, 1.54) is 32.4 Å². The van der Waals surface area contributed by atoms with E-state index in [1.807, 2.05) is 0 Å². The first-order valence-electron chi connectivity index (χ1n) is 7.11. The molecule has 10 nitrogen and oxygen atoms in total. The number of H-pyrrole nitrogens is 1. The number of aromatic amines is 1. The lowest BCUT2D eigenvalue weighted by Gasteiger charge is -2.10. The number of nitrogens with one attached hydrogen (secondary N) is 1.